The molecule has 1 aromatic carbocycles. The van der Waals surface area contributed by atoms with Gasteiger partial charge in [-0.1, -0.05) is 60.5 Å². The van der Waals surface area contributed by atoms with Gasteiger partial charge in [0.15, 0.2) is 0 Å². The van der Waals surface area contributed by atoms with Gasteiger partial charge < -0.3 is 5.32 Å². The van der Waals surface area contributed by atoms with E-state index in [1.807, 2.05) is 13.8 Å². The first-order valence-electron chi connectivity index (χ1n) is 7.85. The SMILES string of the molecule is CC1(C)C(C=C(Cl)Cl)C1C(=O)Nc1nnc(-c2cccc(C(F)(F)F)c2)s1. The topological polar surface area (TPSA) is 54.9 Å². The van der Waals surface area contributed by atoms with E-state index >= 15 is 0 Å². The number of nitrogens with zero attached hydrogens (tertiary/aromatic N) is 2. The maximum atomic E-state index is 12.8. The molecule has 27 heavy (non-hydrogen) atoms. The number of rotatable bonds is 4. The lowest BCUT2D eigenvalue weighted by Gasteiger charge is -2.06. The van der Waals surface area contributed by atoms with Crippen molar-refractivity contribution >= 4 is 45.6 Å². The van der Waals surface area contributed by atoms with Crippen molar-refractivity contribution < 1.29 is 18.0 Å². The lowest BCUT2D eigenvalue weighted by molar-refractivity contribution is -0.137. The Labute approximate surface area is 167 Å². The van der Waals surface area contributed by atoms with Gasteiger partial charge >= 0.3 is 6.18 Å². The summed E-state index contributed by atoms with van der Waals surface area (Å²) < 4.78 is 38.6. The molecular formula is C17H14Cl2F3N3OS. The van der Waals surface area contributed by atoms with Crippen molar-refractivity contribution in [1.82, 2.24) is 10.2 Å². The molecule has 144 valence electrons. The van der Waals surface area contributed by atoms with Crippen molar-refractivity contribution in [3.63, 3.8) is 0 Å². The Bertz CT molecular complexity index is 907. The highest BCUT2D eigenvalue weighted by molar-refractivity contribution is 7.18. The number of halogens is 5. The number of hydrogen-bond acceptors (Lipinski definition) is 4. The van der Waals surface area contributed by atoms with Crippen LogP contribution in [0.4, 0.5) is 18.3 Å². The molecule has 4 nitrogen and oxygen atoms in total. The van der Waals surface area contributed by atoms with Crippen LogP contribution in [0, 0.1) is 17.3 Å². The minimum atomic E-state index is -4.44. The maximum Gasteiger partial charge on any atom is 0.416 e. The third kappa shape index (κ3) is 4.28. The van der Waals surface area contributed by atoms with E-state index in [0.717, 1.165) is 23.5 Å². The van der Waals surface area contributed by atoms with Gasteiger partial charge in [0, 0.05) is 5.56 Å². The molecule has 1 aliphatic carbocycles. The quantitative estimate of drug-likeness (QED) is 0.664. The minimum Gasteiger partial charge on any atom is -0.300 e. The van der Waals surface area contributed by atoms with Crippen molar-refractivity contribution in [3.05, 3.63) is 40.4 Å². The zero-order chi connectivity index (χ0) is 20.0. The molecule has 0 aliphatic heterocycles. The smallest absolute Gasteiger partial charge is 0.300 e. The fraction of sp³-hybridized carbons (Fsp3) is 0.353. The number of nitrogens with one attached hydrogen (secondary N) is 1. The van der Waals surface area contributed by atoms with E-state index in [4.69, 9.17) is 23.2 Å². The van der Waals surface area contributed by atoms with Gasteiger partial charge in [-0.3, -0.25) is 4.79 Å². The molecule has 10 heteroatoms. The molecule has 1 N–H and O–H groups in total. The second-order valence-electron chi connectivity index (χ2n) is 6.76. The van der Waals surface area contributed by atoms with Crippen molar-refractivity contribution in [1.29, 1.82) is 0 Å². The lowest BCUT2D eigenvalue weighted by atomic mass is 10.1. The summed E-state index contributed by atoms with van der Waals surface area (Å²) in [6.45, 7) is 3.84. The molecule has 1 aromatic heterocycles. The third-order valence-corrected chi connectivity index (χ3v) is 5.73. The molecule has 0 bridgehead atoms. The molecule has 1 fully saturated rings. The molecular weight excluding hydrogens is 422 g/mol. The van der Waals surface area contributed by atoms with E-state index in [-0.39, 0.29) is 43.4 Å². The number of amides is 1. The van der Waals surface area contributed by atoms with Gasteiger partial charge in [0.2, 0.25) is 11.0 Å². The van der Waals surface area contributed by atoms with E-state index in [1.54, 1.807) is 6.08 Å². The van der Waals surface area contributed by atoms with Gasteiger partial charge in [-0.05, 0) is 29.5 Å². The van der Waals surface area contributed by atoms with Crippen molar-refractivity contribution in [2.24, 2.45) is 17.3 Å². The summed E-state index contributed by atoms with van der Waals surface area (Å²) in [5.41, 5.74) is -0.786. The Hall–Kier alpha value is -1.64. The Morgan fingerprint density at radius 2 is 2.00 bits per heavy atom. The first kappa shape index (κ1) is 20.1. The molecule has 0 radical (unpaired) electrons. The molecule has 1 saturated carbocycles. The summed E-state index contributed by atoms with van der Waals surface area (Å²) in [5.74, 6) is -0.688. The average Bonchev–Trinajstić information content (AvgIpc) is 2.91. The first-order valence-corrected chi connectivity index (χ1v) is 9.42. The number of benzene rings is 1. The van der Waals surface area contributed by atoms with Crippen LogP contribution in [0.1, 0.15) is 19.4 Å². The maximum absolute atomic E-state index is 12.8. The van der Waals surface area contributed by atoms with Crippen LogP contribution in [-0.2, 0) is 11.0 Å². The van der Waals surface area contributed by atoms with E-state index < -0.39 is 11.7 Å². The first-order chi connectivity index (χ1) is 12.5. The Kier molecular flexibility index (Phi) is 5.26. The van der Waals surface area contributed by atoms with E-state index in [2.05, 4.69) is 15.5 Å². The van der Waals surface area contributed by atoms with E-state index in [9.17, 15) is 18.0 Å². The summed E-state index contributed by atoms with van der Waals surface area (Å²) in [5, 5.41) is 10.9. The monoisotopic (exact) mass is 435 g/mol. The van der Waals surface area contributed by atoms with Gasteiger partial charge in [0.05, 0.1) is 11.5 Å². The van der Waals surface area contributed by atoms with Crippen LogP contribution < -0.4 is 5.32 Å². The lowest BCUT2D eigenvalue weighted by Crippen LogP contribution is -2.16. The summed E-state index contributed by atoms with van der Waals surface area (Å²) >= 11 is 12.4. The molecule has 2 unspecified atom stereocenters. The normalized spacial score (nSPS) is 20.9. The summed E-state index contributed by atoms with van der Waals surface area (Å²) in [6, 6.07) is 4.80. The minimum absolute atomic E-state index is 0.0987. The van der Waals surface area contributed by atoms with Gasteiger partial charge in [-0.25, -0.2) is 0 Å². The molecule has 1 amide bonds. The van der Waals surface area contributed by atoms with Gasteiger partial charge in [0.1, 0.15) is 9.50 Å². The van der Waals surface area contributed by atoms with Crippen LogP contribution in [0.3, 0.4) is 0 Å². The fourth-order valence-electron chi connectivity index (χ4n) is 3.03. The molecule has 2 atom stereocenters. The highest BCUT2D eigenvalue weighted by atomic mass is 35.5. The van der Waals surface area contributed by atoms with Crippen LogP contribution in [-0.4, -0.2) is 16.1 Å². The number of allylic oxidation sites excluding steroid dienone is 1. The number of hydrogen-bond donors (Lipinski definition) is 1. The van der Waals surface area contributed by atoms with E-state index in [1.165, 1.54) is 12.1 Å². The van der Waals surface area contributed by atoms with E-state index in [0.29, 0.717) is 0 Å². The molecule has 1 aliphatic rings. The number of alkyl halides is 3. The van der Waals surface area contributed by atoms with Crippen molar-refractivity contribution in [2.75, 3.05) is 5.32 Å². The van der Waals surface area contributed by atoms with Gasteiger partial charge in [0.25, 0.3) is 0 Å². The summed E-state index contributed by atoms with van der Waals surface area (Å²) in [6.07, 6.45) is -2.82. The second-order valence-corrected chi connectivity index (χ2v) is 8.75. The zero-order valence-corrected chi connectivity index (χ0v) is 16.5. The van der Waals surface area contributed by atoms with Crippen molar-refractivity contribution in [2.45, 2.75) is 20.0 Å². The second kappa shape index (κ2) is 7.07. The summed E-state index contributed by atoms with van der Waals surface area (Å²) in [7, 11) is 0. The number of carbonyl (C=O) groups excluding carboxylic acids is 1. The largest absolute Gasteiger partial charge is 0.416 e. The standard InChI is InChI=1S/C17H14Cl2F3N3OS/c1-16(2)10(7-11(18)19)12(16)13(26)23-15-25-24-14(27-15)8-4-3-5-9(6-8)17(20,21)22/h3-7,10,12H,1-2H3,(H,23,25,26). The predicted molar refractivity (Wildman–Crippen MR) is 99.5 cm³/mol. The van der Waals surface area contributed by atoms with Gasteiger partial charge in [-0.2, -0.15) is 13.2 Å². The Morgan fingerprint density at radius 3 is 2.63 bits per heavy atom. The molecule has 0 spiro atoms. The fourth-order valence-corrected chi connectivity index (χ4v) is 4.04. The van der Waals surface area contributed by atoms with Gasteiger partial charge in [-0.15, -0.1) is 10.2 Å². The molecule has 1 heterocycles. The Morgan fingerprint density at radius 1 is 1.30 bits per heavy atom. The highest BCUT2D eigenvalue weighted by Crippen LogP contribution is 2.60. The average molecular weight is 436 g/mol. The van der Waals surface area contributed by atoms with Crippen LogP contribution in [0.5, 0.6) is 0 Å². The predicted octanol–water partition coefficient (Wildman–Crippen LogP) is 5.75. The van der Waals surface area contributed by atoms with Crippen LogP contribution in [0.15, 0.2) is 34.8 Å². The van der Waals surface area contributed by atoms with Crippen LogP contribution in [0.2, 0.25) is 0 Å². The van der Waals surface area contributed by atoms with Crippen LogP contribution >= 0.6 is 34.5 Å². The molecule has 0 saturated heterocycles. The highest BCUT2D eigenvalue weighted by Gasteiger charge is 2.60. The number of aromatic nitrogens is 2. The van der Waals surface area contributed by atoms with Crippen molar-refractivity contribution in [3.8, 4) is 10.6 Å². The third-order valence-electron chi connectivity index (χ3n) is 4.59. The zero-order valence-electron chi connectivity index (χ0n) is 14.1. The number of anilines is 1. The molecule has 3 rings (SSSR count). The number of carbonyl (C=O) groups is 1. The molecule has 2 aromatic rings. The Balaban J connectivity index is 1.74. The van der Waals surface area contributed by atoms with Crippen LogP contribution in [0.25, 0.3) is 10.6 Å². The summed E-state index contributed by atoms with van der Waals surface area (Å²) in [4.78, 5) is 12.5.